The molecule has 25 heavy (non-hydrogen) atoms. The Kier molecular flexibility index (Phi) is 4.63. The second-order valence-electron chi connectivity index (χ2n) is 6.58. The second-order valence-corrected chi connectivity index (χ2v) is 7.30. The van der Waals surface area contributed by atoms with Crippen molar-refractivity contribution >= 4 is 23.1 Å². The standard InChI is InChI=1S/C17H21N5O2S/c1-24-8-13-4-16(19-10-18-13)21-5-12-2-3-15(7-21)22(17(12)23)6-14-9-25-11-20-14/h4,9-12,15H,2-3,5-8H2,1H3/t12-,15+/m1/s1. The van der Waals surface area contributed by atoms with Crippen molar-refractivity contribution in [2.75, 3.05) is 25.1 Å². The summed E-state index contributed by atoms with van der Waals surface area (Å²) < 4.78 is 5.17. The van der Waals surface area contributed by atoms with E-state index in [1.807, 2.05) is 21.9 Å². The van der Waals surface area contributed by atoms with Crippen LogP contribution in [0, 0.1) is 5.92 Å². The molecule has 1 amide bonds. The Morgan fingerprint density at radius 1 is 1.24 bits per heavy atom. The number of piperidine rings is 1. The molecule has 2 atom stereocenters. The fraction of sp³-hybridized carbons (Fsp3) is 0.529. The third-order valence-electron chi connectivity index (χ3n) is 4.93. The third kappa shape index (κ3) is 3.36. The molecule has 5 heterocycles. The van der Waals surface area contributed by atoms with Gasteiger partial charge in [0.05, 0.1) is 36.0 Å². The van der Waals surface area contributed by atoms with Gasteiger partial charge in [-0.05, 0) is 12.8 Å². The summed E-state index contributed by atoms with van der Waals surface area (Å²) in [5, 5.41) is 2.02. The normalized spacial score (nSPS) is 23.2. The molecule has 0 unspecified atom stereocenters. The summed E-state index contributed by atoms with van der Waals surface area (Å²) >= 11 is 1.57. The van der Waals surface area contributed by atoms with Gasteiger partial charge in [0.1, 0.15) is 12.1 Å². The molecule has 3 aliphatic heterocycles. The molecule has 3 saturated heterocycles. The van der Waals surface area contributed by atoms with E-state index in [0.29, 0.717) is 19.7 Å². The summed E-state index contributed by atoms with van der Waals surface area (Å²) in [5.41, 5.74) is 3.65. The van der Waals surface area contributed by atoms with E-state index < -0.39 is 0 Å². The molecule has 2 aromatic rings. The van der Waals surface area contributed by atoms with Gasteiger partial charge in [0, 0.05) is 37.7 Å². The first-order valence-electron chi connectivity index (χ1n) is 8.47. The van der Waals surface area contributed by atoms with Gasteiger partial charge in [-0.15, -0.1) is 11.3 Å². The highest BCUT2D eigenvalue weighted by Gasteiger charge is 2.41. The summed E-state index contributed by atoms with van der Waals surface area (Å²) in [7, 11) is 1.66. The number of methoxy groups -OCH3 is 1. The minimum absolute atomic E-state index is 0.0261. The molecular formula is C17H21N5O2S. The SMILES string of the molecule is COCc1cc(N2C[C@H]3CC[C@@H](C2)N(Cc2cscn2)C3=O)ncn1. The quantitative estimate of drug-likeness (QED) is 0.809. The monoisotopic (exact) mass is 359 g/mol. The van der Waals surface area contributed by atoms with Gasteiger partial charge in [0.2, 0.25) is 5.91 Å². The van der Waals surface area contributed by atoms with Crippen molar-refractivity contribution in [3.05, 3.63) is 34.7 Å². The molecular weight excluding hydrogens is 338 g/mol. The van der Waals surface area contributed by atoms with E-state index in [9.17, 15) is 4.79 Å². The van der Waals surface area contributed by atoms with Gasteiger partial charge in [-0.3, -0.25) is 4.79 Å². The molecule has 0 N–H and O–H groups in total. The van der Waals surface area contributed by atoms with Crippen molar-refractivity contribution in [1.29, 1.82) is 0 Å². The first-order chi connectivity index (χ1) is 12.2. The number of ether oxygens (including phenoxy) is 1. The first-order valence-corrected chi connectivity index (χ1v) is 9.41. The summed E-state index contributed by atoms with van der Waals surface area (Å²) in [5.74, 6) is 1.15. The van der Waals surface area contributed by atoms with E-state index in [-0.39, 0.29) is 17.9 Å². The van der Waals surface area contributed by atoms with Crippen LogP contribution in [0.5, 0.6) is 0 Å². The number of fused-ring (bicyclic) bond motifs is 4. The zero-order chi connectivity index (χ0) is 17.2. The van der Waals surface area contributed by atoms with Crippen LogP contribution in [-0.2, 0) is 22.7 Å². The fourth-order valence-corrected chi connectivity index (χ4v) is 4.26. The van der Waals surface area contributed by atoms with Crippen LogP contribution in [0.2, 0.25) is 0 Å². The molecule has 132 valence electrons. The molecule has 0 aliphatic carbocycles. The minimum atomic E-state index is 0.0261. The number of hydrogen-bond donors (Lipinski definition) is 0. The number of carbonyl (C=O) groups is 1. The molecule has 2 aromatic heterocycles. The molecule has 0 spiro atoms. The van der Waals surface area contributed by atoms with Gasteiger partial charge < -0.3 is 14.5 Å². The second kappa shape index (κ2) is 7.05. The van der Waals surface area contributed by atoms with Crippen molar-refractivity contribution in [1.82, 2.24) is 19.9 Å². The van der Waals surface area contributed by atoms with Crippen molar-refractivity contribution in [2.24, 2.45) is 5.92 Å². The number of aromatic nitrogens is 3. The molecule has 3 fully saturated rings. The molecule has 0 aromatic carbocycles. The molecule has 5 rings (SSSR count). The van der Waals surface area contributed by atoms with Gasteiger partial charge >= 0.3 is 0 Å². The van der Waals surface area contributed by atoms with Gasteiger partial charge in [-0.2, -0.15) is 0 Å². The Bertz CT molecular complexity index is 738. The Morgan fingerprint density at radius 2 is 2.16 bits per heavy atom. The molecule has 0 saturated carbocycles. The highest BCUT2D eigenvalue weighted by Crippen LogP contribution is 2.32. The van der Waals surface area contributed by atoms with Crippen molar-refractivity contribution in [2.45, 2.75) is 32.0 Å². The number of nitrogens with zero attached hydrogens (tertiary/aromatic N) is 5. The minimum Gasteiger partial charge on any atom is -0.378 e. The Labute approximate surface area is 150 Å². The maximum Gasteiger partial charge on any atom is 0.228 e. The first kappa shape index (κ1) is 16.4. The maximum atomic E-state index is 12.9. The van der Waals surface area contributed by atoms with Crippen LogP contribution in [0.3, 0.4) is 0 Å². The summed E-state index contributed by atoms with van der Waals surface area (Å²) in [6.07, 6.45) is 3.56. The van der Waals surface area contributed by atoms with E-state index in [0.717, 1.165) is 36.6 Å². The summed E-state index contributed by atoms with van der Waals surface area (Å²) in [6, 6.07) is 2.16. The number of thiazole rings is 1. The van der Waals surface area contributed by atoms with E-state index in [4.69, 9.17) is 4.74 Å². The largest absolute Gasteiger partial charge is 0.378 e. The lowest BCUT2D eigenvalue weighted by Crippen LogP contribution is -2.47. The molecule has 0 radical (unpaired) electrons. The van der Waals surface area contributed by atoms with Crippen molar-refractivity contribution in [3.8, 4) is 0 Å². The number of carbonyl (C=O) groups excluding carboxylic acids is 1. The Morgan fingerprint density at radius 3 is 2.96 bits per heavy atom. The number of rotatable bonds is 5. The number of hydrogen-bond acceptors (Lipinski definition) is 7. The topological polar surface area (TPSA) is 71.5 Å². The van der Waals surface area contributed by atoms with Gasteiger partial charge in [-0.1, -0.05) is 0 Å². The molecule has 2 bridgehead atoms. The third-order valence-corrected chi connectivity index (χ3v) is 5.57. The smallest absolute Gasteiger partial charge is 0.228 e. The van der Waals surface area contributed by atoms with E-state index in [2.05, 4.69) is 19.9 Å². The van der Waals surface area contributed by atoms with E-state index >= 15 is 0 Å². The predicted molar refractivity (Wildman–Crippen MR) is 94.1 cm³/mol. The number of anilines is 1. The predicted octanol–water partition coefficient (Wildman–Crippen LogP) is 1.71. The van der Waals surface area contributed by atoms with Crippen molar-refractivity contribution < 1.29 is 9.53 Å². The summed E-state index contributed by atoms with van der Waals surface area (Å²) in [4.78, 5) is 30.1. The van der Waals surface area contributed by atoms with Crippen LogP contribution < -0.4 is 4.90 Å². The zero-order valence-corrected chi connectivity index (χ0v) is 15.0. The lowest BCUT2D eigenvalue weighted by Gasteiger charge is -2.35. The van der Waals surface area contributed by atoms with Gasteiger partial charge in [0.15, 0.2) is 0 Å². The lowest BCUT2D eigenvalue weighted by molar-refractivity contribution is -0.140. The van der Waals surface area contributed by atoms with Gasteiger partial charge in [-0.25, -0.2) is 15.0 Å². The lowest BCUT2D eigenvalue weighted by atomic mass is 9.94. The van der Waals surface area contributed by atoms with Crippen LogP contribution >= 0.6 is 11.3 Å². The highest BCUT2D eigenvalue weighted by molar-refractivity contribution is 7.07. The van der Waals surface area contributed by atoms with Crippen LogP contribution in [-0.4, -0.2) is 52.0 Å². The average Bonchev–Trinajstić information content (AvgIpc) is 2.98. The van der Waals surface area contributed by atoms with Crippen LogP contribution in [0.4, 0.5) is 5.82 Å². The summed E-state index contributed by atoms with van der Waals surface area (Å²) in [6.45, 7) is 2.59. The van der Waals surface area contributed by atoms with E-state index in [1.54, 1.807) is 24.8 Å². The molecule has 8 heteroatoms. The molecule has 7 nitrogen and oxygen atoms in total. The molecule has 3 aliphatic rings. The average molecular weight is 359 g/mol. The Hall–Kier alpha value is -2.06. The maximum absolute atomic E-state index is 12.9. The Balaban J connectivity index is 1.56. The number of amides is 1. The van der Waals surface area contributed by atoms with Gasteiger partial charge in [0.25, 0.3) is 0 Å². The zero-order valence-electron chi connectivity index (χ0n) is 14.2. The van der Waals surface area contributed by atoms with Crippen molar-refractivity contribution in [3.63, 3.8) is 0 Å². The van der Waals surface area contributed by atoms with Crippen LogP contribution in [0.1, 0.15) is 24.2 Å². The fourth-order valence-electron chi connectivity index (χ4n) is 3.71. The van der Waals surface area contributed by atoms with E-state index in [1.165, 1.54) is 0 Å². The van der Waals surface area contributed by atoms with Crippen LogP contribution in [0.15, 0.2) is 23.3 Å². The van der Waals surface area contributed by atoms with Crippen LogP contribution in [0.25, 0.3) is 0 Å². The highest BCUT2D eigenvalue weighted by atomic mass is 32.1.